The maximum atomic E-state index is 4.84. The molecule has 8 heteroatoms. The summed E-state index contributed by atoms with van der Waals surface area (Å²) in [6.45, 7) is 2.76. The quantitative estimate of drug-likeness (QED) is 0.487. The van der Waals surface area contributed by atoms with Crippen molar-refractivity contribution in [2.24, 2.45) is 0 Å². The molecular formula is C5H14N6S2. The number of nitrogens with zero attached hydrogens (tertiary/aromatic N) is 1. The molecular weight excluding hydrogens is 208 g/mol. The Morgan fingerprint density at radius 3 is 2.38 bits per heavy atom. The maximum Gasteiger partial charge on any atom is 0.204 e. The molecule has 0 unspecified atom stereocenters. The SMILES string of the molecule is CCNc1nc(=S)[nH]c(=S)[nH]1.N.N. The van der Waals surface area contributed by atoms with Gasteiger partial charge in [-0.3, -0.25) is 0 Å². The molecule has 0 aliphatic rings. The Hall–Kier alpha value is -0.830. The topological polar surface area (TPSA) is 126 Å². The first-order valence-corrected chi connectivity index (χ1v) is 3.98. The number of aromatic amines is 2. The minimum absolute atomic E-state index is 0. The van der Waals surface area contributed by atoms with Gasteiger partial charge in [0, 0.05) is 6.54 Å². The molecule has 0 atom stereocenters. The van der Waals surface area contributed by atoms with Crippen LogP contribution in [0.1, 0.15) is 6.92 Å². The largest absolute Gasteiger partial charge is 0.356 e. The van der Waals surface area contributed by atoms with E-state index in [2.05, 4.69) is 20.3 Å². The second-order valence-corrected chi connectivity index (χ2v) is 2.67. The fourth-order valence-electron chi connectivity index (χ4n) is 0.645. The predicted octanol–water partition coefficient (Wildman–Crippen LogP) is 1.95. The van der Waals surface area contributed by atoms with Gasteiger partial charge in [-0.05, 0) is 31.4 Å². The van der Waals surface area contributed by atoms with Crippen molar-refractivity contribution in [3.8, 4) is 0 Å². The minimum Gasteiger partial charge on any atom is -0.356 e. The molecule has 0 saturated carbocycles. The van der Waals surface area contributed by atoms with Gasteiger partial charge in [0.15, 0.2) is 4.77 Å². The average molecular weight is 222 g/mol. The summed E-state index contributed by atoms with van der Waals surface area (Å²) in [4.78, 5) is 9.46. The molecule has 1 aromatic heterocycles. The van der Waals surface area contributed by atoms with Crippen LogP contribution >= 0.6 is 24.4 Å². The molecule has 0 amide bonds. The van der Waals surface area contributed by atoms with Crippen LogP contribution in [0.4, 0.5) is 5.95 Å². The summed E-state index contributed by atoms with van der Waals surface area (Å²) in [5, 5.41) is 2.97. The molecule has 9 N–H and O–H groups in total. The number of nitrogens with one attached hydrogen (secondary N) is 3. The summed E-state index contributed by atoms with van der Waals surface area (Å²) >= 11 is 9.65. The van der Waals surface area contributed by atoms with Gasteiger partial charge < -0.3 is 27.6 Å². The van der Waals surface area contributed by atoms with Gasteiger partial charge in [0.05, 0.1) is 0 Å². The van der Waals surface area contributed by atoms with Gasteiger partial charge in [-0.25, -0.2) is 0 Å². The number of hydrogen-bond donors (Lipinski definition) is 5. The van der Waals surface area contributed by atoms with Gasteiger partial charge in [0.2, 0.25) is 10.7 Å². The van der Waals surface area contributed by atoms with E-state index in [-0.39, 0.29) is 12.3 Å². The van der Waals surface area contributed by atoms with Gasteiger partial charge >= 0.3 is 0 Å². The molecule has 0 spiro atoms. The predicted molar refractivity (Wildman–Crippen MR) is 58.8 cm³/mol. The third-order valence-electron chi connectivity index (χ3n) is 1.01. The molecule has 0 radical (unpaired) electrons. The lowest BCUT2D eigenvalue weighted by atomic mass is 10.7. The normalized spacial score (nSPS) is 8.08. The van der Waals surface area contributed by atoms with Crippen molar-refractivity contribution < 1.29 is 0 Å². The Labute approximate surface area is 86.4 Å². The van der Waals surface area contributed by atoms with Crippen molar-refractivity contribution in [1.29, 1.82) is 0 Å². The van der Waals surface area contributed by atoms with Crippen LogP contribution in [-0.2, 0) is 0 Å². The summed E-state index contributed by atoms with van der Waals surface area (Å²) in [6, 6.07) is 0. The fourth-order valence-corrected chi connectivity index (χ4v) is 1.10. The molecule has 0 saturated heterocycles. The van der Waals surface area contributed by atoms with Crippen LogP contribution in [0.5, 0.6) is 0 Å². The van der Waals surface area contributed by atoms with Crippen LogP contribution in [0.2, 0.25) is 0 Å². The van der Waals surface area contributed by atoms with Crippen molar-refractivity contribution in [3.63, 3.8) is 0 Å². The van der Waals surface area contributed by atoms with Gasteiger partial charge in [-0.2, -0.15) is 4.98 Å². The van der Waals surface area contributed by atoms with Gasteiger partial charge in [0.25, 0.3) is 0 Å². The van der Waals surface area contributed by atoms with Crippen molar-refractivity contribution in [3.05, 3.63) is 9.54 Å². The lowest BCUT2D eigenvalue weighted by molar-refractivity contribution is 0.984. The molecule has 0 fully saturated rings. The highest BCUT2D eigenvalue weighted by Crippen LogP contribution is 1.93. The first-order chi connectivity index (χ1) is 5.22. The zero-order valence-corrected chi connectivity index (χ0v) is 9.02. The van der Waals surface area contributed by atoms with Crippen molar-refractivity contribution in [2.75, 3.05) is 11.9 Å². The van der Waals surface area contributed by atoms with Crippen LogP contribution in [0, 0.1) is 9.54 Å². The number of hydrogen-bond acceptors (Lipinski definition) is 6. The molecule has 0 aliphatic heterocycles. The average Bonchev–Trinajstić information content (AvgIpc) is 1.85. The Morgan fingerprint density at radius 2 is 1.92 bits per heavy atom. The Morgan fingerprint density at radius 1 is 1.31 bits per heavy atom. The number of aromatic nitrogens is 3. The van der Waals surface area contributed by atoms with Crippen LogP contribution in [0.25, 0.3) is 0 Å². The second kappa shape index (κ2) is 6.66. The monoisotopic (exact) mass is 222 g/mol. The summed E-state index contributed by atoms with van der Waals surface area (Å²) < 4.78 is 0.880. The zero-order valence-electron chi connectivity index (χ0n) is 7.39. The minimum atomic E-state index is 0. The van der Waals surface area contributed by atoms with E-state index in [0.29, 0.717) is 15.5 Å². The summed E-state index contributed by atoms with van der Waals surface area (Å²) in [6.07, 6.45) is 0. The first kappa shape index (κ1) is 14.7. The smallest absolute Gasteiger partial charge is 0.204 e. The molecule has 0 aromatic carbocycles. The lowest BCUT2D eigenvalue weighted by Gasteiger charge is -1.99. The zero-order chi connectivity index (χ0) is 8.27. The van der Waals surface area contributed by atoms with E-state index in [4.69, 9.17) is 24.4 Å². The van der Waals surface area contributed by atoms with Crippen LogP contribution in [0.3, 0.4) is 0 Å². The second-order valence-electron chi connectivity index (χ2n) is 1.88. The standard InChI is InChI=1S/C5H8N4S2.2H3N/c1-2-6-3-7-4(10)9-5(11)8-3;;/h2H2,1H3,(H3,6,7,8,9,10,11);2*1H3. The van der Waals surface area contributed by atoms with Crippen LogP contribution < -0.4 is 17.6 Å². The summed E-state index contributed by atoms with van der Waals surface area (Å²) in [7, 11) is 0. The fraction of sp³-hybridized carbons (Fsp3) is 0.400. The van der Waals surface area contributed by atoms with Crippen LogP contribution in [-0.4, -0.2) is 21.5 Å². The molecule has 1 aromatic rings. The molecule has 0 aliphatic carbocycles. The van der Waals surface area contributed by atoms with E-state index in [1.807, 2.05) is 6.92 Å². The van der Waals surface area contributed by atoms with E-state index in [0.717, 1.165) is 6.54 Å². The van der Waals surface area contributed by atoms with Crippen molar-refractivity contribution in [1.82, 2.24) is 27.3 Å². The van der Waals surface area contributed by atoms with Gasteiger partial charge in [-0.15, -0.1) is 0 Å². The number of rotatable bonds is 2. The van der Waals surface area contributed by atoms with Crippen LogP contribution in [0.15, 0.2) is 0 Å². The van der Waals surface area contributed by atoms with E-state index in [9.17, 15) is 0 Å². The van der Waals surface area contributed by atoms with E-state index >= 15 is 0 Å². The highest BCUT2D eigenvalue weighted by molar-refractivity contribution is 7.71. The molecule has 0 bridgehead atoms. The van der Waals surface area contributed by atoms with E-state index in [1.165, 1.54) is 0 Å². The summed E-state index contributed by atoms with van der Waals surface area (Å²) in [5.41, 5.74) is 0. The number of H-pyrrole nitrogens is 2. The van der Waals surface area contributed by atoms with Gasteiger partial charge in [-0.1, -0.05) is 0 Å². The highest BCUT2D eigenvalue weighted by Gasteiger charge is 1.89. The lowest BCUT2D eigenvalue weighted by Crippen LogP contribution is -2.02. The van der Waals surface area contributed by atoms with E-state index in [1.54, 1.807) is 0 Å². The molecule has 13 heavy (non-hydrogen) atoms. The van der Waals surface area contributed by atoms with Crippen molar-refractivity contribution >= 4 is 30.4 Å². The molecule has 1 rings (SSSR count). The number of anilines is 1. The van der Waals surface area contributed by atoms with E-state index < -0.39 is 0 Å². The van der Waals surface area contributed by atoms with Crippen molar-refractivity contribution in [2.45, 2.75) is 6.92 Å². The summed E-state index contributed by atoms with van der Waals surface area (Å²) in [5.74, 6) is 0.612. The molecule has 6 nitrogen and oxygen atoms in total. The Kier molecular flexibility index (Phi) is 7.52. The third-order valence-corrected chi connectivity index (χ3v) is 1.41. The molecule has 76 valence electrons. The highest BCUT2D eigenvalue weighted by atomic mass is 32.1. The Bertz CT molecular complexity index is 313. The third kappa shape index (κ3) is 4.68. The maximum absolute atomic E-state index is 4.84. The Balaban J connectivity index is 0. The molecule has 1 heterocycles. The van der Waals surface area contributed by atoms with Gasteiger partial charge in [0.1, 0.15) is 0 Å². The first-order valence-electron chi connectivity index (χ1n) is 3.17.